The zero-order valence-corrected chi connectivity index (χ0v) is 13.7. The minimum absolute atomic E-state index is 0.885. The molecule has 0 spiro atoms. The normalized spacial score (nSPS) is 10.3. The number of hydrogen-bond donors (Lipinski definition) is 0. The van der Waals surface area contributed by atoms with E-state index in [0.717, 1.165) is 10.2 Å². The Balaban J connectivity index is 2.19. The van der Waals surface area contributed by atoms with E-state index in [9.17, 15) is 0 Å². The maximum Gasteiger partial charge on any atom is 0.118 e. The largest absolute Gasteiger partial charge is 0.497 e. The lowest BCUT2D eigenvalue weighted by atomic mass is 10.3. The van der Waals surface area contributed by atoms with Crippen LogP contribution in [0.3, 0.4) is 0 Å². The lowest BCUT2D eigenvalue weighted by molar-refractivity contribution is 0.414. The highest BCUT2D eigenvalue weighted by Crippen LogP contribution is 2.34. The molecule has 2 rings (SSSR count). The first-order valence-corrected chi connectivity index (χ1v) is 7.65. The molecule has 0 unspecified atom stereocenters. The Hall–Kier alpha value is -0.200. The van der Waals surface area contributed by atoms with Gasteiger partial charge in [0.15, 0.2) is 0 Å². The van der Waals surface area contributed by atoms with E-state index < -0.39 is 0 Å². The van der Waals surface area contributed by atoms with Crippen molar-refractivity contribution in [2.24, 2.45) is 0 Å². The van der Waals surface area contributed by atoms with E-state index in [2.05, 4.69) is 68.9 Å². The summed E-state index contributed by atoms with van der Waals surface area (Å²) in [4.78, 5) is 2.42. The van der Waals surface area contributed by atoms with E-state index in [1.807, 2.05) is 12.1 Å². The van der Waals surface area contributed by atoms with Gasteiger partial charge in [0.25, 0.3) is 0 Å². The maximum atomic E-state index is 5.14. The third kappa shape index (κ3) is 3.63. The minimum atomic E-state index is 0.885. The number of rotatable bonds is 3. The van der Waals surface area contributed by atoms with Crippen molar-refractivity contribution in [1.29, 1.82) is 0 Å². The third-order valence-corrected chi connectivity index (χ3v) is 4.85. The average Bonchev–Trinajstić information content (AvgIpc) is 2.34. The molecule has 0 aliphatic carbocycles. The third-order valence-electron chi connectivity index (χ3n) is 2.18. The van der Waals surface area contributed by atoms with Crippen LogP contribution in [0.5, 0.6) is 5.75 Å². The molecule has 17 heavy (non-hydrogen) atoms. The fourth-order valence-electron chi connectivity index (χ4n) is 1.33. The van der Waals surface area contributed by atoms with Gasteiger partial charge < -0.3 is 4.74 Å². The van der Waals surface area contributed by atoms with Gasteiger partial charge in [0.1, 0.15) is 5.75 Å². The lowest BCUT2D eigenvalue weighted by Gasteiger charge is -2.05. The zero-order valence-electron chi connectivity index (χ0n) is 9.11. The van der Waals surface area contributed by atoms with Crippen LogP contribution in [0.4, 0.5) is 0 Å². The number of benzene rings is 2. The van der Waals surface area contributed by atoms with Crippen molar-refractivity contribution in [3.8, 4) is 5.75 Å². The Morgan fingerprint density at radius 2 is 1.82 bits per heavy atom. The zero-order chi connectivity index (χ0) is 12.3. The molecule has 0 bridgehead atoms. The number of ether oxygens (including phenoxy) is 1. The molecule has 0 N–H and O–H groups in total. The summed E-state index contributed by atoms with van der Waals surface area (Å²) in [5.41, 5.74) is 0. The van der Waals surface area contributed by atoms with E-state index in [0.29, 0.717) is 0 Å². The molecule has 0 heterocycles. The molecule has 0 amide bonds. The summed E-state index contributed by atoms with van der Waals surface area (Å²) >= 11 is 7.63. The van der Waals surface area contributed by atoms with Gasteiger partial charge >= 0.3 is 0 Å². The van der Waals surface area contributed by atoms with Crippen LogP contribution in [0.1, 0.15) is 0 Å². The highest BCUT2D eigenvalue weighted by atomic mass is 127. The smallest absolute Gasteiger partial charge is 0.118 e. The average molecular weight is 421 g/mol. The summed E-state index contributed by atoms with van der Waals surface area (Å²) in [5.74, 6) is 0.885. The molecule has 0 aliphatic heterocycles. The molecular formula is C13H10BrIOS. The number of methoxy groups -OCH3 is 1. The van der Waals surface area contributed by atoms with Crippen LogP contribution in [0, 0.1) is 3.57 Å². The fourth-order valence-corrected chi connectivity index (χ4v) is 3.69. The molecule has 0 saturated carbocycles. The van der Waals surface area contributed by atoms with E-state index in [1.165, 1.54) is 13.4 Å². The molecule has 0 aromatic heterocycles. The van der Waals surface area contributed by atoms with E-state index >= 15 is 0 Å². The second-order valence-corrected chi connectivity index (χ2v) is 6.57. The first-order chi connectivity index (χ1) is 8.19. The van der Waals surface area contributed by atoms with Crippen LogP contribution in [-0.2, 0) is 0 Å². The van der Waals surface area contributed by atoms with Gasteiger partial charge in [-0.2, -0.15) is 0 Å². The molecule has 2 aromatic carbocycles. The molecule has 0 fully saturated rings. The monoisotopic (exact) mass is 420 g/mol. The molecule has 4 heteroatoms. The highest BCUT2D eigenvalue weighted by Gasteiger charge is 2.03. The Labute approximate surface area is 127 Å². The standard InChI is InChI=1S/C13H10BrIOS/c1-16-10-3-5-11(6-4-10)17-13-7-2-9(15)8-12(13)14/h2-8H,1H3. The van der Waals surface area contributed by atoms with Crippen LogP contribution < -0.4 is 4.74 Å². The Kier molecular flexibility index (Phi) is 4.76. The van der Waals surface area contributed by atoms with Crippen molar-refractivity contribution in [1.82, 2.24) is 0 Å². The summed E-state index contributed by atoms with van der Waals surface area (Å²) in [7, 11) is 1.68. The van der Waals surface area contributed by atoms with Gasteiger partial charge in [0.05, 0.1) is 7.11 Å². The second-order valence-electron chi connectivity index (χ2n) is 3.35. The van der Waals surface area contributed by atoms with Crippen LogP contribution in [0.2, 0.25) is 0 Å². The predicted molar refractivity (Wildman–Crippen MR) is 84.0 cm³/mol. The van der Waals surface area contributed by atoms with Gasteiger partial charge in [-0.25, -0.2) is 0 Å². The van der Waals surface area contributed by atoms with Crippen molar-refractivity contribution in [2.75, 3.05) is 7.11 Å². The molecular weight excluding hydrogens is 411 g/mol. The predicted octanol–water partition coefficient (Wildman–Crippen LogP) is 5.21. The van der Waals surface area contributed by atoms with Crippen molar-refractivity contribution >= 4 is 50.3 Å². The maximum absolute atomic E-state index is 5.14. The van der Waals surface area contributed by atoms with Gasteiger partial charge in [-0.3, -0.25) is 0 Å². The Morgan fingerprint density at radius 3 is 2.41 bits per heavy atom. The van der Waals surface area contributed by atoms with Crippen LogP contribution in [0.15, 0.2) is 56.7 Å². The van der Waals surface area contributed by atoms with Crippen molar-refractivity contribution in [3.63, 3.8) is 0 Å². The second kappa shape index (κ2) is 6.11. The summed E-state index contributed by atoms with van der Waals surface area (Å²) in [5, 5.41) is 0. The summed E-state index contributed by atoms with van der Waals surface area (Å²) in [6.07, 6.45) is 0. The quantitative estimate of drug-likeness (QED) is 0.630. The number of halogens is 2. The van der Waals surface area contributed by atoms with E-state index in [-0.39, 0.29) is 0 Å². The van der Waals surface area contributed by atoms with Crippen molar-refractivity contribution in [2.45, 2.75) is 9.79 Å². The molecule has 0 radical (unpaired) electrons. The van der Waals surface area contributed by atoms with Crippen molar-refractivity contribution < 1.29 is 4.74 Å². The Morgan fingerprint density at radius 1 is 1.12 bits per heavy atom. The van der Waals surface area contributed by atoms with Gasteiger partial charge in [0.2, 0.25) is 0 Å². The molecule has 0 saturated heterocycles. The highest BCUT2D eigenvalue weighted by molar-refractivity contribution is 14.1. The fraction of sp³-hybridized carbons (Fsp3) is 0.0769. The van der Waals surface area contributed by atoms with Gasteiger partial charge in [-0.15, -0.1) is 0 Å². The van der Waals surface area contributed by atoms with Gasteiger partial charge in [-0.05, 0) is 81.0 Å². The van der Waals surface area contributed by atoms with Crippen LogP contribution in [0.25, 0.3) is 0 Å². The SMILES string of the molecule is COc1ccc(Sc2ccc(I)cc2Br)cc1. The summed E-state index contributed by atoms with van der Waals surface area (Å²) in [6.45, 7) is 0. The first kappa shape index (κ1) is 13.2. The molecule has 0 aliphatic rings. The summed E-state index contributed by atoms with van der Waals surface area (Å²) < 4.78 is 7.50. The molecule has 1 nitrogen and oxygen atoms in total. The van der Waals surface area contributed by atoms with Crippen molar-refractivity contribution in [3.05, 3.63) is 50.5 Å². The van der Waals surface area contributed by atoms with E-state index in [1.54, 1.807) is 18.9 Å². The molecule has 2 aromatic rings. The Bertz CT molecular complexity index is 513. The topological polar surface area (TPSA) is 9.23 Å². The van der Waals surface area contributed by atoms with E-state index in [4.69, 9.17) is 4.74 Å². The molecule has 0 atom stereocenters. The first-order valence-electron chi connectivity index (χ1n) is 4.96. The van der Waals surface area contributed by atoms with Crippen LogP contribution >= 0.6 is 50.3 Å². The van der Waals surface area contributed by atoms with Gasteiger partial charge in [0, 0.05) is 17.8 Å². The molecule has 88 valence electrons. The minimum Gasteiger partial charge on any atom is -0.497 e. The van der Waals surface area contributed by atoms with Crippen LogP contribution in [-0.4, -0.2) is 7.11 Å². The number of hydrogen-bond acceptors (Lipinski definition) is 2. The summed E-state index contributed by atoms with van der Waals surface area (Å²) in [6, 6.07) is 14.4. The lowest BCUT2D eigenvalue weighted by Crippen LogP contribution is -1.82. The van der Waals surface area contributed by atoms with Gasteiger partial charge in [-0.1, -0.05) is 11.8 Å².